The Balaban J connectivity index is 2.67. The SMILES string of the molecule is COCCCn1c(=C(C#N)C#N)s/c(=C\c2sccc2C)c1=O. The molecule has 0 aliphatic heterocycles. The van der Waals surface area contributed by atoms with Crippen LogP contribution in [0.4, 0.5) is 0 Å². The van der Waals surface area contributed by atoms with Crippen molar-refractivity contribution < 1.29 is 4.74 Å². The Bertz CT molecular complexity index is 935. The Labute approximate surface area is 141 Å². The molecule has 0 aliphatic rings. The smallest absolute Gasteiger partial charge is 0.269 e. The molecule has 0 N–H and O–H groups in total. The number of hydrogen-bond donors (Lipinski definition) is 0. The first-order chi connectivity index (χ1) is 11.1. The maximum absolute atomic E-state index is 12.6. The lowest BCUT2D eigenvalue weighted by Gasteiger charge is -2.01. The number of nitriles is 2. The van der Waals surface area contributed by atoms with E-state index in [0.29, 0.717) is 28.8 Å². The van der Waals surface area contributed by atoms with Gasteiger partial charge in [-0.15, -0.1) is 22.7 Å². The molecule has 2 heterocycles. The van der Waals surface area contributed by atoms with E-state index in [9.17, 15) is 4.79 Å². The molecule has 23 heavy (non-hydrogen) atoms. The number of aryl methyl sites for hydroxylation is 1. The summed E-state index contributed by atoms with van der Waals surface area (Å²) in [5.74, 6) is 0. The third kappa shape index (κ3) is 3.77. The quantitative estimate of drug-likeness (QED) is 0.766. The van der Waals surface area contributed by atoms with Crippen LogP contribution in [0.1, 0.15) is 16.9 Å². The van der Waals surface area contributed by atoms with Gasteiger partial charge in [0.05, 0.1) is 4.53 Å². The van der Waals surface area contributed by atoms with Gasteiger partial charge in [0.1, 0.15) is 16.8 Å². The van der Waals surface area contributed by atoms with Crippen molar-refractivity contribution >= 4 is 34.3 Å². The van der Waals surface area contributed by atoms with E-state index in [1.165, 1.54) is 15.9 Å². The predicted octanol–water partition coefficient (Wildman–Crippen LogP) is 1.34. The van der Waals surface area contributed by atoms with Crippen LogP contribution in [0.3, 0.4) is 0 Å². The molecule has 2 rings (SSSR count). The van der Waals surface area contributed by atoms with Crippen molar-refractivity contribution in [1.82, 2.24) is 4.57 Å². The van der Waals surface area contributed by atoms with Crippen molar-refractivity contribution in [3.8, 4) is 12.1 Å². The molecular weight excluding hydrogens is 330 g/mol. The molecule has 5 nitrogen and oxygen atoms in total. The van der Waals surface area contributed by atoms with Crippen molar-refractivity contribution in [3.05, 3.63) is 41.4 Å². The first-order valence-corrected chi connectivity index (χ1v) is 8.61. The minimum atomic E-state index is -0.170. The molecule has 2 aromatic rings. The number of rotatable bonds is 5. The van der Waals surface area contributed by atoms with E-state index in [2.05, 4.69) is 0 Å². The number of thiophene rings is 1. The summed E-state index contributed by atoms with van der Waals surface area (Å²) in [6.07, 6.45) is 2.47. The first-order valence-electron chi connectivity index (χ1n) is 6.91. The van der Waals surface area contributed by atoms with Crippen LogP contribution in [-0.2, 0) is 11.3 Å². The number of nitrogens with zero attached hydrogens (tertiary/aromatic N) is 3. The minimum Gasteiger partial charge on any atom is -0.385 e. The zero-order chi connectivity index (χ0) is 16.8. The topological polar surface area (TPSA) is 78.8 Å². The summed E-state index contributed by atoms with van der Waals surface area (Å²) < 4.78 is 7.46. The summed E-state index contributed by atoms with van der Waals surface area (Å²) in [6, 6.07) is 5.74. The van der Waals surface area contributed by atoms with Crippen LogP contribution in [0.25, 0.3) is 11.6 Å². The first kappa shape index (κ1) is 17.2. The van der Waals surface area contributed by atoms with Crippen LogP contribution in [0.15, 0.2) is 16.2 Å². The highest BCUT2D eigenvalue weighted by Crippen LogP contribution is 2.15. The Kier molecular flexibility index (Phi) is 5.89. The second-order valence-electron chi connectivity index (χ2n) is 4.79. The van der Waals surface area contributed by atoms with Crippen LogP contribution in [-0.4, -0.2) is 18.3 Å². The molecule has 0 spiro atoms. The predicted molar refractivity (Wildman–Crippen MR) is 91.6 cm³/mol. The van der Waals surface area contributed by atoms with Crippen LogP contribution >= 0.6 is 22.7 Å². The van der Waals surface area contributed by atoms with Gasteiger partial charge < -0.3 is 4.74 Å². The Hall–Kier alpha value is -2.19. The van der Waals surface area contributed by atoms with Gasteiger partial charge in [0, 0.05) is 25.1 Å². The minimum absolute atomic E-state index is 0.0351. The maximum atomic E-state index is 12.6. The van der Waals surface area contributed by atoms with Crippen LogP contribution in [0.2, 0.25) is 0 Å². The van der Waals surface area contributed by atoms with Crippen LogP contribution in [0.5, 0.6) is 0 Å². The molecule has 2 aromatic heterocycles. The van der Waals surface area contributed by atoms with Gasteiger partial charge in [0.15, 0.2) is 5.57 Å². The fourth-order valence-corrected chi connectivity index (χ4v) is 4.04. The Morgan fingerprint density at radius 2 is 2.17 bits per heavy atom. The summed E-state index contributed by atoms with van der Waals surface area (Å²) in [7, 11) is 1.60. The van der Waals surface area contributed by atoms with Crippen molar-refractivity contribution in [2.24, 2.45) is 0 Å². The van der Waals surface area contributed by atoms with Crippen LogP contribution in [0, 0.1) is 29.6 Å². The van der Waals surface area contributed by atoms with E-state index in [1.54, 1.807) is 18.4 Å². The van der Waals surface area contributed by atoms with Gasteiger partial charge in [0.2, 0.25) is 0 Å². The Morgan fingerprint density at radius 3 is 2.74 bits per heavy atom. The average molecular weight is 345 g/mol. The number of methoxy groups -OCH3 is 1. The molecule has 7 heteroatoms. The molecule has 0 aliphatic carbocycles. The summed E-state index contributed by atoms with van der Waals surface area (Å²) >= 11 is 2.74. The zero-order valence-electron chi connectivity index (χ0n) is 12.8. The summed E-state index contributed by atoms with van der Waals surface area (Å²) in [4.78, 5) is 13.6. The van der Waals surface area contributed by atoms with E-state index in [1.807, 2.05) is 36.6 Å². The molecule has 0 saturated carbocycles. The van der Waals surface area contributed by atoms with Crippen molar-refractivity contribution in [2.45, 2.75) is 19.9 Å². The van der Waals surface area contributed by atoms with Crippen molar-refractivity contribution in [2.75, 3.05) is 13.7 Å². The largest absolute Gasteiger partial charge is 0.385 e. The lowest BCUT2D eigenvalue weighted by Crippen LogP contribution is -2.32. The lowest BCUT2D eigenvalue weighted by molar-refractivity contribution is 0.190. The molecule has 0 atom stereocenters. The van der Waals surface area contributed by atoms with Gasteiger partial charge in [-0.25, -0.2) is 0 Å². The lowest BCUT2D eigenvalue weighted by atomic mass is 10.3. The van der Waals surface area contributed by atoms with E-state index >= 15 is 0 Å². The van der Waals surface area contributed by atoms with Gasteiger partial charge in [-0.3, -0.25) is 9.36 Å². The third-order valence-corrected chi connectivity index (χ3v) is 5.34. The molecule has 0 aromatic carbocycles. The molecule has 0 radical (unpaired) electrons. The maximum Gasteiger partial charge on any atom is 0.269 e. The number of hydrogen-bond acceptors (Lipinski definition) is 6. The molecule has 0 saturated heterocycles. The highest BCUT2D eigenvalue weighted by atomic mass is 32.1. The Morgan fingerprint density at radius 1 is 1.43 bits per heavy atom. The monoisotopic (exact) mass is 345 g/mol. The zero-order valence-corrected chi connectivity index (χ0v) is 14.5. The highest BCUT2D eigenvalue weighted by molar-refractivity contribution is 7.11. The number of aromatic nitrogens is 1. The third-order valence-electron chi connectivity index (χ3n) is 3.24. The van der Waals surface area contributed by atoms with Gasteiger partial charge in [-0.1, -0.05) is 0 Å². The van der Waals surface area contributed by atoms with Gasteiger partial charge >= 0.3 is 0 Å². The molecular formula is C16H15N3O2S2. The fourth-order valence-electron chi connectivity index (χ4n) is 2.05. The molecule has 0 amide bonds. The van der Waals surface area contributed by atoms with Gasteiger partial charge in [-0.05, 0) is 36.4 Å². The van der Waals surface area contributed by atoms with E-state index in [0.717, 1.165) is 10.4 Å². The van der Waals surface area contributed by atoms with E-state index in [4.69, 9.17) is 15.3 Å². The normalized spacial score (nSPS) is 11.2. The van der Waals surface area contributed by atoms with E-state index < -0.39 is 0 Å². The van der Waals surface area contributed by atoms with Gasteiger partial charge in [-0.2, -0.15) is 10.5 Å². The van der Waals surface area contributed by atoms with E-state index in [-0.39, 0.29) is 11.1 Å². The fraction of sp³-hybridized carbons (Fsp3) is 0.312. The molecule has 0 fully saturated rings. The second-order valence-corrected chi connectivity index (χ2v) is 6.76. The van der Waals surface area contributed by atoms with Crippen LogP contribution < -0.4 is 14.8 Å². The molecule has 0 unspecified atom stereocenters. The van der Waals surface area contributed by atoms with Gasteiger partial charge in [0.25, 0.3) is 5.56 Å². The second kappa shape index (κ2) is 7.89. The van der Waals surface area contributed by atoms with Crippen molar-refractivity contribution in [3.63, 3.8) is 0 Å². The molecule has 0 bridgehead atoms. The van der Waals surface area contributed by atoms with Crippen molar-refractivity contribution in [1.29, 1.82) is 10.5 Å². The molecule has 118 valence electrons. The average Bonchev–Trinajstić information content (AvgIpc) is 3.08. The number of ether oxygens (including phenoxy) is 1. The summed E-state index contributed by atoms with van der Waals surface area (Å²) in [5, 5.41) is 20.2. The highest BCUT2D eigenvalue weighted by Gasteiger charge is 2.09. The standard InChI is InChI=1S/C16H15N3O2S2/c1-11-4-7-22-13(11)8-14-15(20)19(5-3-6-21-2)16(23-14)12(9-17)10-18/h4,7-8H,3,5-6H2,1-2H3/b14-8-. The summed E-state index contributed by atoms with van der Waals surface area (Å²) in [6.45, 7) is 2.91. The number of thiazole rings is 1. The summed E-state index contributed by atoms with van der Waals surface area (Å²) in [5.41, 5.74) is 0.893.